The summed E-state index contributed by atoms with van der Waals surface area (Å²) >= 11 is 6.12. The molecule has 2 rings (SSSR count). The molecule has 1 aliphatic heterocycles. The van der Waals surface area contributed by atoms with Gasteiger partial charge in [0.2, 0.25) is 0 Å². The zero-order valence-electron chi connectivity index (χ0n) is 9.99. The van der Waals surface area contributed by atoms with Crippen LogP contribution in [0.5, 0.6) is 0 Å². The summed E-state index contributed by atoms with van der Waals surface area (Å²) in [5, 5.41) is 3.22. The van der Waals surface area contributed by atoms with Crippen molar-refractivity contribution in [1.82, 2.24) is 5.32 Å². The van der Waals surface area contributed by atoms with Gasteiger partial charge in [-0.1, -0.05) is 6.42 Å². The van der Waals surface area contributed by atoms with E-state index >= 15 is 0 Å². The first kappa shape index (κ1) is 13.1. The summed E-state index contributed by atoms with van der Waals surface area (Å²) in [4.78, 5) is 11.8. The van der Waals surface area contributed by atoms with E-state index in [1.165, 1.54) is 0 Å². The Morgan fingerprint density at radius 3 is 2.94 bits per heavy atom. The molecule has 2 fully saturated rings. The highest BCUT2D eigenvalue weighted by Gasteiger charge is 2.25. The van der Waals surface area contributed by atoms with Gasteiger partial charge in [0.25, 0.3) is 5.91 Å². The van der Waals surface area contributed by atoms with Gasteiger partial charge < -0.3 is 14.8 Å². The molecule has 4 nitrogen and oxygen atoms in total. The fourth-order valence-corrected chi connectivity index (χ4v) is 2.82. The molecule has 98 valence electrons. The fourth-order valence-electron chi connectivity index (χ4n) is 2.41. The molecular formula is C12H20ClNO3. The smallest absolute Gasteiger partial charge is 0.251 e. The Morgan fingerprint density at radius 2 is 2.24 bits per heavy atom. The number of alkyl halides is 1. The van der Waals surface area contributed by atoms with Crippen LogP contribution in [0.2, 0.25) is 0 Å². The Labute approximate surface area is 107 Å². The average molecular weight is 262 g/mol. The van der Waals surface area contributed by atoms with Crippen molar-refractivity contribution in [1.29, 1.82) is 0 Å². The predicted octanol–water partition coefficient (Wildman–Crippen LogP) is 1.32. The number of halogens is 1. The molecule has 1 N–H and O–H groups in total. The van der Waals surface area contributed by atoms with E-state index in [1.807, 2.05) is 0 Å². The molecule has 2 aliphatic rings. The van der Waals surface area contributed by atoms with Gasteiger partial charge in [-0.25, -0.2) is 0 Å². The van der Waals surface area contributed by atoms with Crippen molar-refractivity contribution in [2.24, 2.45) is 5.92 Å². The standard InChI is InChI=1S/C12H20ClNO3/c13-10-3-1-2-9(6-10)7-14-12(15)11-8-16-4-5-17-11/h9-11H,1-8H2,(H,14,15). The maximum absolute atomic E-state index is 11.8. The first-order valence-electron chi connectivity index (χ1n) is 6.37. The molecule has 5 heteroatoms. The third-order valence-electron chi connectivity index (χ3n) is 3.39. The van der Waals surface area contributed by atoms with E-state index in [0.717, 1.165) is 25.7 Å². The Hall–Kier alpha value is -0.320. The predicted molar refractivity (Wildman–Crippen MR) is 65.2 cm³/mol. The fraction of sp³-hybridized carbons (Fsp3) is 0.917. The molecule has 0 aromatic carbocycles. The van der Waals surface area contributed by atoms with Crippen LogP contribution in [0.1, 0.15) is 25.7 Å². The maximum atomic E-state index is 11.8. The Kier molecular flexibility index (Phi) is 5.07. The van der Waals surface area contributed by atoms with Crippen molar-refractivity contribution in [2.45, 2.75) is 37.2 Å². The zero-order chi connectivity index (χ0) is 12.1. The zero-order valence-corrected chi connectivity index (χ0v) is 10.7. The summed E-state index contributed by atoms with van der Waals surface area (Å²) in [5.74, 6) is 0.459. The Morgan fingerprint density at radius 1 is 1.35 bits per heavy atom. The van der Waals surface area contributed by atoms with Gasteiger partial charge >= 0.3 is 0 Å². The van der Waals surface area contributed by atoms with Gasteiger partial charge in [0.15, 0.2) is 6.10 Å². The molecule has 3 atom stereocenters. The number of rotatable bonds is 3. The molecule has 0 radical (unpaired) electrons. The molecule has 1 saturated carbocycles. The highest BCUT2D eigenvalue weighted by Crippen LogP contribution is 2.27. The number of amides is 1. The minimum absolute atomic E-state index is 0.0543. The van der Waals surface area contributed by atoms with E-state index in [4.69, 9.17) is 21.1 Å². The summed E-state index contributed by atoms with van der Waals surface area (Å²) in [7, 11) is 0. The van der Waals surface area contributed by atoms with Gasteiger partial charge in [0.05, 0.1) is 19.8 Å². The van der Waals surface area contributed by atoms with Gasteiger partial charge in [0.1, 0.15) is 0 Å². The van der Waals surface area contributed by atoms with Crippen LogP contribution >= 0.6 is 11.6 Å². The SMILES string of the molecule is O=C(NCC1CCCC(Cl)C1)C1COCCO1. The lowest BCUT2D eigenvalue weighted by molar-refractivity contribution is -0.147. The molecule has 1 aliphatic carbocycles. The lowest BCUT2D eigenvalue weighted by Crippen LogP contribution is -2.44. The van der Waals surface area contributed by atoms with Gasteiger partial charge in [-0.3, -0.25) is 4.79 Å². The van der Waals surface area contributed by atoms with Crippen LogP contribution < -0.4 is 5.32 Å². The lowest BCUT2D eigenvalue weighted by atomic mass is 9.89. The quantitative estimate of drug-likeness (QED) is 0.780. The van der Waals surface area contributed by atoms with E-state index in [9.17, 15) is 4.79 Å². The molecule has 1 amide bonds. The molecule has 1 heterocycles. The summed E-state index contributed by atoms with van der Waals surface area (Å²) < 4.78 is 10.5. The Bertz CT molecular complexity index is 256. The third-order valence-corrected chi connectivity index (χ3v) is 3.79. The Balaban J connectivity index is 1.68. The topological polar surface area (TPSA) is 47.6 Å². The van der Waals surface area contributed by atoms with Crippen LogP contribution in [0, 0.1) is 5.92 Å². The average Bonchev–Trinajstić information content (AvgIpc) is 2.37. The highest BCUT2D eigenvalue weighted by molar-refractivity contribution is 6.20. The van der Waals surface area contributed by atoms with Crippen LogP contribution in [-0.4, -0.2) is 43.8 Å². The number of carbonyl (C=O) groups excluding carboxylic acids is 1. The molecule has 0 aromatic rings. The second kappa shape index (κ2) is 6.57. The second-order valence-corrected chi connectivity index (χ2v) is 5.43. The third kappa shape index (κ3) is 4.12. The van der Waals surface area contributed by atoms with Crippen LogP contribution in [0.15, 0.2) is 0 Å². The van der Waals surface area contributed by atoms with Crippen molar-refractivity contribution in [3.63, 3.8) is 0 Å². The van der Waals surface area contributed by atoms with Gasteiger partial charge in [0, 0.05) is 11.9 Å². The van der Waals surface area contributed by atoms with Crippen LogP contribution in [0.4, 0.5) is 0 Å². The van der Waals surface area contributed by atoms with Crippen molar-refractivity contribution < 1.29 is 14.3 Å². The van der Waals surface area contributed by atoms with Crippen molar-refractivity contribution in [3.8, 4) is 0 Å². The molecule has 3 unspecified atom stereocenters. The summed E-state index contributed by atoms with van der Waals surface area (Å²) in [5.41, 5.74) is 0. The number of ether oxygens (including phenoxy) is 2. The van der Waals surface area contributed by atoms with E-state index in [1.54, 1.807) is 0 Å². The summed E-state index contributed by atoms with van der Waals surface area (Å²) in [6.07, 6.45) is 4.00. The minimum Gasteiger partial charge on any atom is -0.376 e. The summed E-state index contributed by atoms with van der Waals surface area (Å²) in [6.45, 7) is 2.17. The van der Waals surface area contributed by atoms with Crippen molar-refractivity contribution >= 4 is 17.5 Å². The normalized spacial score (nSPS) is 34.3. The van der Waals surface area contributed by atoms with Crippen LogP contribution in [0.25, 0.3) is 0 Å². The molecule has 0 aromatic heterocycles. The van der Waals surface area contributed by atoms with E-state index < -0.39 is 6.10 Å². The summed E-state index contributed by atoms with van der Waals surface area (Å²) in [6, 6.07) is 0. The van der Waals surface area contributed by atoms with Gasteiger partial charge in [-0.15, -0.1) is 11.6 Å². The largest absolute Gasteiger partial charge is 0.376 e. The van der Waals surface area contributed by atoms with E-state index in [2.05, 4.69) is 5.32 Å². The van der Waals surface area contributed by atoms with E-state index in [0.29, 0.717) is 32.3 Å². The molecule has 17 heavy (non-hydrogen) atoms. The lowest BCUT2D eigenvalue weighted by Gasteiger charge is -2.27. The van der Waals surface area contributed by atoms with Crippen LogP contribution in [0.3, 0.4) is 0 Å². The van der Waals surface area contributed by atoms with Crippen molar-refractivity contribution in [3.05, 3.63) is 0 Å². The van der Waals surface area contributed by atoms with Gasteiger partial charge in [-0.2, -0.15) is 0 Å². The van der Waals surface area contributed by atoms with E-state index in [-0.39, 0.29) is 11.3 Å². The minimum atomic E-state index is -0.431. The molecule has 0 spiro atoms. The number of hydrogen-bond acceptors (Lipinski definition) is 3. The number of nitrogens with one attached hydrogen (secondary N) is 1. The monoisotopic (exact) mass is 261 g/mol. The molecular weight excluding hydrogens is 242 g/mol. The highest BCUT2D eigenvalue weighted by atomic mass is 35.5. The van der Waals surface area contributed by atoms with Crippen molar-refractivity contribution in [2.75, 3.05) is 26.4 Å². The first-order chi connectivity index (χ1) is 8.25. The second-order valence-electron chi connectivity index (χ2n) is 4.81. The number of hydrogen-bond donors (Lipinski definition) is 1. The number of carbonyl (C=O) groups is 1. The first-order valence-corrected chi connectivity index (χ1v) is 6.80. The molecule has 0 bridgehead atoms. The van der Waals surface area contributed by atoms with Crippen LogP contribution in [-0.2, 0) is 14.3 Å². The maximum Gasteiger partial charge on any atom is 0.251 e. The molecule has 1 saturated heterocycles. The van der Waals surface area contributed by atoms with Gasteiger partial charge in [-0.05, 0) is 25.2 Å².